The molecule has 1 aliphatic rings. The van der Waals surface area contributed by atoms with E-state index in [1.807, 2.05) is 6.92 Å². The van der Waals surface area contributed by atoms with Crippen LogP contribution < -0.4 is 5.32 Å². The maximum absolute atomic E-state index is 13.6. The van der Waals surface area contributed by atoms with Crippen molar-refractivity contribution in [2.24, 2.45) is 0 Å². The zero-order valence-electron chi connectivity index (χ0n) is 11.1. The van der Waals surface area contributed by atoms with Crippen LogP contribution in [0.5, 0.6) is 0 Å². The molecule has 6 heteroatoms. The lowest BCUT2D eigenvalue weighted by atomic mass is 9.97. The van der Waals surface area contributed by atoms with E-state index in [1.54, 1.807) is 0 Å². The van der Waals surface area contributed by atoms with Gasteiger partial charge in [-0.15, -0.1) is 0 Å². The maximum Gasteiger partial charge on any atom is 0.419 e. The third-order valence-corrected chi connectivity index (χ3v) is 3.42. The number of likely N-dealkylation sites (N-methyl/N-ethyl adjacent to an activating group) is 1. The first-order valence-corrected chi connectivity index (χ1v) is 6.65. The van der Waals surface area contributed by atoms with E-state index >= 15 is 0 Å². The molecule has 2 rings (SSSR count). The molecule has 2 unspecified atom stereocenters. The second-order valence-electron chi connectivity index (χ2n) is 4.82. The Hall–Kier alpha value is -1.14. The van der Waals surface area contributed by atoms with Crippen molar-refractivity contribution in [3.63, 3.8) is 0 Å². The molecular weight excluding hydrogens is 274 g/mol. The molecule has 0 aromatic heterocycles. The molecule has 0 saturated carbocycles. The van der Waals surface area contributed by atoms with E-state index in [4.69, 9.17) is 4.74 Å². The summed E-state index contributed by atoms with van der Waals surface area (Å²) < 4.78 is 56.8. The molecule has 0 spiro atoms. The first kappa shape index (κ1) is 15.3. The minimum Gasteiger partial charge on any atom is -0.376 e. The van der Waals surface area contributed by atoms with Gasteiger partial charge >= 0.3 is 6.18 Å². The molecule has 2 nitrogen and oxygen atoms in total. The number of hydrogen-bond acceptors (Lipinski definition) is 2. The van der Waals surface area contributed by atoms with E-state index < -0.39 is 17.6 Å². The van der Waals surface area contributed by atoms with Gasteiger partial charge < -0.3 is 10.1 Å². The molecule has 20 heavy (non-hydrogen) atoms. The lowest BCUT2D eigenvalue weighted by Gasteiger charge is -2.24. The molecule has 112 valence electrons. The highest BCUT2D eigenvalue weighted by Gasteiger charge is 2.35. The first-order valence-electron chi connectivity index (χ1n) is 6.65. The summed E-state index contributed by atoms with van der Waals surface area (Å²) in [7, 11) is 0. The molecule has 0 radical (unpaired) electrons. The molecule has 0 bridgehead atoms. The van der Waals surface area contributed by atoms with E-state index in [0.29, 0.717) is 18.7 Å². The zero-order chi connectivity index (χ0) is 14.8. The SMILES string of the molecule is CCNC(c1ccc(C(F)(F)F)c(F)c1)C1CCCO1. The average molecular weight is 291 g/mol. The lowest BCUT2D eigenvalue weighted by molar-refractivity contribution is -0.140. The second kappa shape index (κ2) is 6.10. The summed E-state index contributed by atoms with van der Waals surface area (Å²) in [6.45, 7) is 3.16. The topological polar surface area (TPSA) is 21.3 Å². The van der Waals surface area contributed by atoms with Crippen molar-refractivity contribution >= 4 is 0 Å². The van der Waals surface area contributed by atoms with Crippen molar-refractivity contribution in [2.75, 3.05) is 13.2 Å². The molecule has 1 heterocycles. The molecule has 0 aliphatic carbocycles. The number of hydrogen-bond donors (Lipinski definition) is 1. The Labute approximate surface area is 115 Å². The smallest absolute Gasteiger partial charge is 0.376 e. The van der Waals surface area contributed by atoms with E-state index in [1.165, 1.54) is 6.07 Å². The van der Waals surface area contributed by atoms with Crippen molar-refractivity contribution < 1.29 is 22.3 Å². The van der Waals surface area contributed by atoms with Crippen LogP contribution in [0.3, 0.4) is 0 Å². The predicted molar refractivity (Wildman–Crippen MR) is 66.8 cm³/mol. The fourth-order valence-electron chi connectivity index (χ4n) is 2.50. The van der Waals surface area contributed by atoms with Crippen LogP contribution in [0, 0.1) is 5.82 Å². The van der Waals surface area contributed by atoms with Crippen molar-refractivity contribution in [1.82, 2.24) is 5.32 Å². The average Bonchev–Trinajstić information content (AvgIpc) is 2.87. The molecule has 1 aliphatic heterocycles. The Bertz CT molecular complexity index is 455. The highest BCUT2D eigenvalue weighted by Crippen LogP contribution is 2.34. The molecule has 1 N–H and O–H groups in total. The number of benzene rings is 1. The Balaban J connectivity index is 2.27. The van der Waals surface area contributed by atoms with Crippen LogP contribution in [0.15, 0.2) is 18.2 Å². The van der Waals surface area contributed by atoms with Gasteiger partial charge in [0.2, 0.25) is 0 Å². The van der Waals surface area contributed by atoms with Crippen LogP contribution in [0.2, 0.25) is 0 Å². The number of rotatable bonds is 4. The van der Waals surface area contributed by atoms with Crippen molar-refractivity contribution in [3.05, 3.63) is 35.1 Å². The van der Waals surface area contributed by atoms with Crippen LogP contribution in [-0.2, 0) is 10.9 Å². The van der Waals surface area contributed by atoms with Gasteiger partial charge in [0.05, 0.1) is 17.7 Å². The van der Waals surface area contributed by atoms with E-state index in [-0.39, 0.29) is 12.1 Å². The van der Waals surface area contributed by atoms with Crippen LogP contribution in [0.1, 0.15) is 36.9 Å². The van der Waals surface area contributed by atoms with Gasteiger partial charge in [0.15, 0.2) is 0 Å². The molecule has 1 saturated heterocycles. The van der Waals surface area contributed by atoms with Gasteiger partial charge in [0.1, 0.15) is 5.82 Å². The predicted octanol–water partition coefficient (Wildman–Crippen LogP) is 3.67. The molecule has 0 amide bonds. The molecule has 1 aromatic rings. The van der Waals surface area contributed by atoms with Gasteiger partial charge in [-0.1, -0.05) is 13.0 Å². The highest BCUT2D eigenvalue weighted by molar-refractivity contribution is 5.29. The highest BCUT2D eigenvalue weighted by atomic mass is 19.4. The zero-order valence-corrected chi connectivity index (χ0v) is 11.1. The van der Waals surface area contributed by atoms with Gasteiger partial charge in [-0.3, -0.25) is 0 Å². The van der Waals surface area contributed by atoms with Crippen LogP contribution in [0.4, 0.5) is 17.6 Å². The number of ether oxygens (including phenoxy) is 1. The van der Waals surface area contributed by atoms with Crippen LogP contribution in [-0.4, -0.2) is 19.3 Å². The fourth-order valence-corrected chi connectivity index (χ4v) is 2.50. The Kier molecular flexibility index (Phi) is 4.65. The van der Waals surface area contributed by atoms with E-state index in [9.17, 15) is 17.6 Å². The quantitative estimate of drug-likeness (QED) is 0.855. The van der Waals surface area contributed by atoms with Gasteiger partial charge in [-0.2, -0.15) is 13.2 Å². The van der Waals surface area contributed by atoms with Crippen molar-refractivity contribution in [1.29, 1.82) is 0 Å². The summed E-state index contributed by atoms with van der Waals surface area (Å²) in [5, 5.41) is 3.15. The molecule has 1 fully saturated rings. The minimum atomic E-state index is -4.67. The first-order chi connectivity index (χ1) is 9.43. The van der Waals surface area contributed by atoms with Crippen LogP contribution >= 0.6 is 0 Å². The maximum atomic E-state index is 13.6. The largest absolute Gasteiger partial charge is 0.419 e. The molecular formula is C14H17F4NO. The lowest BCUT2D eigenvalue weighted by Crippen LogP contribution is -2.31. The Morgan fingerprint density at radius 1 is 1.40 bits per heavy atom. The van der Waals surface area contributed by atoms with Crippen LogP contribution in [0.25, 0.3) is 0 Å². The number of nitrogens with one attached hydrogen (secondary N) is 1. The Morgan fingerprint density at radius 3 is 2.65 bits per heavy atom. The van der Waals surface area contributed by atoms with Crippen molar-refractivity contribution in [3.8, 4) is 0 Å². The monoisotopic (exact) mass is 291 g/mol. The van der Waals surface area contributed by atoms with E-state index in [2.05, 4.69) is 5.32 Å². The summed E-state index contributed by atoms with van der Waals surface area (Å²) in [5.74, 6) is -1.24. The second-order valence-corrected chi connectivity index (χ2v) is 4.82. The third kappa shape index (κ3) is 3.30. The van der Waals surface area contributed by atoms with Gasteiger partial charge in [0.25, 0.3) is 0 Å². The summed E-state index contributed by atoms with van der Waals surface area (Å²) in [6.07, 6.45) is -3.05. The number of alkyl halides is 3. The normalized spacial score (nSPS) is 21.1. The fraction of sp³-hybridized carbons (Fsp3) is 0.571. The van der Waals surface area contributed by atoms with Crippen molar-refractivity contribution in [2.45, 2.75) is 38.1 Å². The standard InChI is InChI=1S/C14H17F4NO/c1-2-19-13(12-4-3-7-20-12)9-5-6-10(11(15)8-9)14(16,17)18/h5-6,8,12-13,19H,2-4,7H2,1H3. The third-order valence-electron chi connectivity index (χ3n) is 3.42. The molecule has 1 aromatic carbocycles. The van der Waals surface area contributed by atoms with Gasteiger partial charge in [-0.05, 0) is 37.1 Å². The number of halogens is 4. The summed E-state index contributed by atoms with van der Waals surface area (Å²) in [6, 6.07) is 2.79. The summed E-state index contributed by atoms with van der Waals surface area (Å²) in [5.41, 5.74) is -0.743. The molecule has 2 atom stereocenters. The van der Waals surface area contributed by atoms with Gasteiger partial charge in [-0.25, -0.2) is 4.39 Å². The summed E-state index contributed by atoms with van der Waals surface area (Å²) >= 11 is 0. The van der Waals surface area contributed by atoms with Gasteiger partial charge in [0, 0.05) is 6.61 Å². The van der Waals surface area contributed by atoms with E-state index in [0.717, 1.165) is 25.0 Å². The minimum absolute atomic E-state index is 0.119. The Morgan fingerprint density at radius 2 is 2.15 bits per heavy atom. The summed E-state index contributed by atoms with van der Waals surface area (Å²) in [4.78, 5) is 0.